The number of hydrogen-bond donors (Lipinski definition) is 1. The third-order valence-corrected chi connectivity index (χ3v) is 7.36. The molecule has 0 amide bonds. The van der Waals surface area contributed by atoms with Gasteiger partial charge in [-0.15, -0.1) is 0 Å². The van der Waals surface area contributed by atoms with Crippen molar-refractivity contribution in [2.24, 2.45) is 0 Å². The average molecular weight is 499 g/mol. The minimum Gasteiger partial charge on any atom is -0.493 e. The number of ether oxygens (including phenoxy) is 2. The van der Waals surface area contributed by atoms with E-state index in [1.54, 1.807) is 19.4 Å². The number of methoxy groups -OCH3 is 1. The van der Waals surface area contributed by atoms with Gasteiger partial charge in [-0.25, -0.2) is 0 Å². The van der Waals surface area contributed by atoms with Gasteiger partial charge in [-0.3, -0.25) is 14.6 Å². The Hall–Kier alpha value is -3.67. The zero-order valence-electron chi connectivity index (χ0n) is 21.6. The van der Waals surface area contributed by atoms with Crippen LogP contribution in [0.25, 0.3) is 16.5 Å². The number of unbranched alkanes of at least 4 members (excludes halogenated alkanes) is 4. The van der Waals surface area contributed by atoms with Crippen molar-refractivity contribution in [1.82, 2.24) is 4.98 Å². The number of carbonyl (C=O) groups excluding carboxylic acids is 2. The molecule has 5 rings (SSSR count). The van der Waals surface area contributed by atoms with E-state index in [-0.39, 0.29) is 17.8 Å². The number of allylic oxidation sites excluding steroid dienone is 1. The van der Waals surface area contributed by atoms with Crippen molar-refractivity contribution in [2.45, 2.75) is 70.8 Å². The predicted molar refractivity (Wildman–Crippen MR) is 146 cm³/mol. The molecule has 2 heterocycles. The predicted octanol–water partition coefficient (Wildman–Crippen LogP) is 7.18. The summed E-state index contributed by atoms with van der Waals surface area (Å²) in [5.74, 6) is 0.808. The highest BCUT2D eigenvalue weighted by Gasteiger charge is 2.35. The first-order valence-electron chi connectivity index (χ1n) is 13.4. The van der Waals surface area contributed by atoms with Crippen LogP contribution >= 0.6 is 0 Å². The van der Waals surface area contributed by atoms with Gasteiger partial charge in [0.15, 0.2) is 17.3 Å². The summed E-state index contributed by atoms with van der Waals surface area (Å²) in [6.45, 7) is 2.17. The fraction of sp³-hybridized carbons (Fsp3) is 0.387. The monoisotopic (exact) mass is 498 g/mol. The minimum atomic E-state index is -0.304. The van der Waals surface area contributed by atoms with Crippen molar-refractivity contribution in [3.05, 3.63) is 65.4 Å². The molecule has 1 N–H and O–H groups in total. The van der Waals surface area contributed by atoms with Crippen LogP contribution in [0.5, 0.6) is 11.5 Å². The Kier molecular flexibility index (Phi) is 7.54. The highest BCUT2D eigenvalue weighted by molar-refractivity contribution is 6.12. The van der Waals surface area contributed by atoms with Crippen molar-refractivity contribution in [3.8, 4) is 11.5 Å². The van der Waals surface area contributed by atoms with Crippen LogP contribution in [0.1, 0.15) is 81.9 Å². The molecule has 0 fully saturated rings. The lowest BCUT2D eigenvalue weighted by Gasteiger charge is -2.35. The minimum absolute atomic E-state index is 0.169. The number of nitrogens with zero attached hydrogens (tertiary/aromatic N) is 1. The Labute approximate surface area is 218 Å². The number of anilines is 1. The lowest BCUT2D eigenvalue weighted by molar-refractivity contribution is -0.134. The Bertz CT molecular complexity index is 1360. The third-order valence-electron chi connectivity index (χ3n) is 7.36. The van der Waals surface area contributed by atoms with E-state index >= 15 is 0 Å². The number of carbonyl (C=O) groups is 2. The summed E-state index contributed by atoms with van der Waals surface area (Å²) in [7, 11) is 1.57. The van der Waals surface area contributed by atoms with E-state index in [1.165, 1.54) is 12.8 Å². The van der Waals surface area contributed by atoms with Crippen molar-refractivity contribution >= 4 is 33.9 Å². The smallest absolute Gasteiger partial charge is 0.311 e. The van der Waals surface area contributed by atoms with E-state index in [0.29, 0.717) is 24.3 Å². The number of nitrogens with one attached hydrogen (secondary N) is 1. The van der Waals surface area contributed by atoms with Crippen molar-refractivity contribution in [3.63, 3.8) is 0 Å². The van der Waals surface area contributed by atoms with Crippen molar-refractivity contribution in [2.75, 3.05) is 12.4 Å². The zero-order chi connectivity index (χ0) is 25.8. The topological polar surface area (TPSA) is 77.5 Å². The maximum atomic E-state index is 13.3. The number of benzene rings is 2. The van der Waals surface area contributed by atoms with Gasteiger partial charge in [-0.2, -0.15) is 0 Å². The molecule has 0 bridgehead atoms. The number of aromatic nitrogens is 1. The van der Waals surface area contributed by atoms with E-state index in [9.17, 15) is 9.59 Å². The SMILES string of the molecule is CCCCCCCC(=O)Oc1ccc(C2Nc3ccc4ncccc4c3C3=C2C(=O)CCC3)cc1OC. The van der Waals surface area contributed by atoms with Gasteiger partial charge in [0, 0.05) is 41.2 Å². The Morgan fingerprint density at radius 1 is 1.05 bits per heavy atom. The summed E-state index contributed by atoms with van der Waals surface area (Å²) in [5.41, 5.74) is 5.82. The third kappa shape index (κ3) is 5.10. The normalized spacial score (nSPS) is 16.7. The maximum Gasteiger partial charge on any atom is 0.311 e. The Morgan fingerprint density at radius 3 is 2.76 bits per heavy atom. The second-order valence-electron chi connectivity index (χ2n) is 9.85. The molecule has 2 aliphatic rings. The molecular weight excluding hydrogens is 464 g/mol. The van der Waals surface area contributed by atoms with Gasteiger partial charge in [-0.1, -0.05) is 44.7 Å². The molecule has 2 aromatic carbocycles. The van der Waals surface area contributed by atoms with Crippen LogP contribution < -0.4 is 14.8 Å². The van der Waals surface area contributed by atoms with Gasteiger partial charge < -0.3 is 14.8 Å². The van der Waals surface area contributed by atoms with Gasteiger partial charge in [0.2, 0.25) is 0 Å². The number of ketones is 1. The fourth-order valence-corrected chi connectivity index (χ4v) is 5.53. The molecule has 0 saturated carbocycles. The highest BCUT2D eigenvalue weighted by atomic mass is 16.6. The Balaban J connectivity index is 1.44. The molecule has 1 atom stereocenters. The number of esters is 1. The fourth-order valence-electron chi connectivity index (χ4n) is 5.53. The molecule has 0 saturated heterocycles. The largest absolute Gasteiger partial charge is 0.493 e. The summed E-state index contributed by atoms with van der Waals surface area (Å²) in [5, 5.41) is 4.68. The second kappa shape index (κ2) is 11.2. The number of fused-ring (bicyclic) bond motifs is 4. The molecule has 192 valence electrons. The lowest BCUT2D eigenvalue weighted by atomic mass is 9.77. The summed E-state index contributed by atoms with van der Waals surface area (Å²) in [6.07, 6.45) is 9.79. The molecule has 6 heteroatoms. The number of Topliss-reactive ketones (excluding diaryl/α,β-unsaturated/α-hetero) is 1. The molecule has 1 unspecified atom stereocenters. The summed E-state index contributed by atoms with van der Waals surface area (Å²) >= 11 is 0. The van der Waals surface area contributed by atoms with E-state index in [1.807, 2.05) is 24.3 Å². The van der Waals surface area contributed by atoms with Crippen LogP contribution in [-0.4, -0.2) is 23.8 Å². The van der Waals surface area contributed by atoms with Gasteiger partial charge in [0.25, 0.3) is 0 Å². The van der Waals surface area contributed by atoms with Crippen LogP contribution in [0.4, 0.5) is 5.69 Å². The number of pyridine rings is 1. The summed E-state index contributed by atoms with van der Waals surface area (Å²) in [4.78, 5) is 30.2. The van der Waals surface area contributed by atoms with Gasteiger partial charge in [-0.05, 0) is 60.7 Å². The van der Waals surface area contributed by atoms with Gasteiger partial charge >= 0.3 is 5.97 Å². The Morgan fingerprint density at radius 2 is 1.92 bits per heavy atom. The molecule has 3 aromatic rings. The molecule has 0 radical (unpaired) electrons. The standard InChI is InChI=1S/C31H34N2O4/c1-3-4-5-6-7-13-28(35)37-26-17-14-20(19-27(26)36-2)31-30-22(10-8-12-25(30)34)29-21-11-9-18-32-23(21)15-16-24(29)33-31/h9,11,14-19,31,33H,3-8,10,12-13H2,1-2H3. The second-order valence-corrected chi connectivity index (χ2v) is 9.85. The quantitative estimate of drug-likeness (QED) is 0.191. The van der Waals surface area contributed by atoms with Crippen molar-refractivity contribution < 1.29 is 19.1 Å². The first-order valence-corrected chi connectivity index (χ1v) is 13.4. The molecule has 0 spiro atoms. The first kappa shape index (κ1) is 25.0. The molecular formula is C31H34N2O4. The van der Waals surface area contributed by atoms with Gasteiger partial charge in [0.05, 0.1) is 18.7 Å². The first-order chi connectivity index (χ1) is 18.1. The lowest BCUT2D eigenvalue weighted by Crippen LogP contribution is -2.27. The van der Waals surface area contributed by atoms with E-state index in [0.717, 1.165) is 71.0 Å². The summed E-state index contributed by atoms with van der Waals surface area (Å²) < 4.78 is 11.3. The average Bonchev–Trinajstić information content (AvgIpc) is 2.92. The maximum absolute atomic E-state index is 13.3. The van der Waals surface area contributed by atoms with Crippen LogP contribution in [0, 0.1) is 0 Å². The van der Waals surface area contributed by atoms with Gasteiger partial charge in [0.1, 0.15) is 0 Å². The van der Waals surface area contributed by atoms with Crippen LogP contribution in [-0.2, 0) is 9.59 Å². The molecule has 6 nitrogen and oxygen atoms in total. The number of hydrogen-bond acceptors (Lipinski definition) is 6. The molecule has 1 aliphatic heterocycles. The zero-order valence-corrected chi connectivity index (χ0v) is 21.6. The molecule has 1 aromatic heterocycles. The highest BCUT2D eigenvalue weighted by Crippen LogP contribution is 2.48. The van der Waals surface area contributed by atoms with E-state index < -0.39 is 0 Å². The summed E-state index contributed by atoms with van der Waals surface area (Å²) in [6, 6.07) is 13.3. The van der Waals surface area contributed by atoms with Crippen LogP contribution in [0.15, 0.2) is 54.2 Å². The van der Waals surface area contributed by atoms with Crippen LogP contribution in [0.2, 0.25) is 0 Å². The van der Waals surface area contributed by atoms with Crippen LogP contribution in [0.3, 0.4) is 0 Å². The molecule has 1 aliphatic carbocycles. The van der Waals surface area contributed by atoms with Crippen molar-refractivity contribution in [1.29, 1.82) is 0 Å². The number of rotatable bonds is 9. The van der Waals surface area contributed by atoms with E-state index in [2.05, 4.69) is 29.4 Å². The van der Waals surface area contributed by atoms with E-state index in [4.69, 9.17) is 9.47 Å². The molecule has 37 heavy (non-hydrogen) atoms.